The van der Waals surface area contributed by atoms with Crippen molar-refractivity contribution in [3.63, 3.8) is 0 Å². The number of anilines is 1. The summed E-state index contributed by atoms with van der Waals surface area (Å²) in [5.41, 5.74) is 3.46. The molecule has 2 heterocycles. The van der Waals surface area contributed by atoms with Gasteiger partial charge < -0.3 is 10.1 Å². The number of aromatic nitrogens is 1. The number of nitrogens with one attached hydrogen (secondary N) is 1. The van der Waals surface area contributed by atoms with Gasteiger partial charge in [0.2, 0.25) is 0 Å². The van der Waals surface area contributed by atoms with Crippen LogP contribution in [0, 0.1) is 0 Å². The lowest BCUT2D eigenvalue weighted by Gasteiger charge is -2.30. The lowest BCUT2D eigenvalue weighted by Crippen LogP contribution is -2.30. The van der Waals surface area contributed by atoms with Crippen molar-refractivity contribution in [1.82, 2.24) is 4.98 Å². The standard InChI is InChI=1S/C20H20N2OS/c1-3-7-15(8-4-1)18-14-24-20(22-18)21-17-11-12-23-19(13-17)16-9-5-2-6-10-16/h1-10,14,17,19H,11-13H2,(H,21,22). The lowest BCUT2D eigenvalue weighted by atomic mass is 9.98. The molecule has 0 bridgehead atoms. The van der Waals surface area contributed by atoms with E-state index in [9.17, 15) is 0 Å². The van der Waals surface area contributed by atoms with Gasteiger partial charge >= 0.3 is 0 Å². The molecule has 122 valence electrons. The number of nitrogens with zero attached hydrogens (tertiary/aromatic N) is 1. The topological polar surface area (TPSA) is 34.1 Å². The van der Waals surface area contributed by atoms with Crippen LogP contribution in [0.15, 0.2) is 66.0 Å². The van der Waals surface area contributed by atoms with Crippen molar-refractivity contribution >= 4 is 16.5 Å². The molecule has 1 aliphatic heterocycles. The molecule has 24 heavy (non-hydrogen) atoms. The second kappa shape index (κ2) is 7.16. The zero-order chi connectivity index (χ0) is 16.2. The quantitative estimate of drug-likeness (QED) is 0.716. The van der Waals surface area contributed by atoms with E-state index in [4.69, 9.17) is 9.72 Å². The van der Waals surface area contributed by atoms with Gasteiger partial charge in [-0.1, -0.05) is 60.7 Å². The summed E-state index contributed by atoms with van der Waals surface area (Å²) in [6.45, 7) is 0.786. The van der Waals surface area contributed by atoms with Crippen LogP contribution in [0.4, 0.5) is 5.13 Å². The first-order chi connectivity index (χ1) is 11.9. The molecule has 0 amide bonds. The van der Waals surface area contributed by atoms with E-state index in [1.54, 1.807) is 11.3 Å². The molecule has 2 unspecified atom stereocenters. The van der Waals surface area contributed by atoms with E-state index < -0.39 is 0 Å². The van der Waals surface area contributed by atoms with E-state index >= 15 is 0 Å². The van der Waals surface area contributed by atoms with Crippen LogP contribution in [0.1, 0.15) is 24.5 Å². The molecule has 0 radical (unpaired) electrons. The summed E-state index contributed by atoms with van der Waals surface area (Å²) in [6, 6.07) is 21.2. The molecular weight excluding hydrogens is 316 g/mol. The Labute approximate surface area is 146 Å². The Hall–Kier alpha value is -2.17. The van der Waals surface area contributed by atoms with Crippen LogP contribution >= 0.6 is 11.3 Å². The van der Waals surface area contributed by atoms with Crippen molar-refractivity contribution in [2.45, 2.75) is 25.0 Å². The Morgan fingerprint density at radius 3 is 2.54 bits per heavy atom. The average Bonchev–Trinajstić information content (AvgIpc) is 3.12. The third-order valence-corrected chi connectivity index (χ3v) is 5.13. The molecule has 3 nitrogen and oxygen atoms in total. The van der Waals surface area contributed by atoms with Crippen molar-refractivity contribution in [3.05, 3.63) is 71.6 Å². The second-order valence-corrected chi connectivity index (χ2v) is 6.90. The van der Waals surface area contributed by atoms with Crippen molar-refractivity contribution in [1.29, 1.82) is 0 Å². The van der Waals surface area contributed by atoms with Crippen LogP contribution in [0.2, 0.25) is 0 Å². The molecule has 1 aliphatic rings. The number of benzene rings is 2. The number of thiazole rings is 1. The van der Waals surface area contributed by atoms with E-state index in [2.05, 4.69) is 47.1 Å². The Balaban J connectivity index is 1.43. The second-order valence-electron chi connectivity index (χ2n) is 6.04. The monoisotopic (exact) mass is 336 g/mol. The van der Waals surface area contributed by atoms with E-state index in [0.717, 1.165) is 35.8 Å². The summed E-state index contributed by atoms with van der Waals surface area (Å²) >= 11 is 1.67. The first-order valence-corrected chi connectivity index (χ1v) is 9.20. The minimum absolute atomic E-state index is 0.172. The molecule has 4 heteroatoms. The molecule has 3 aromatic rings. The summed E-state index contributed by atoms with van der Waals surface area (Å²) < 4.78 is 5.95. The molecule has 1 fully saturated rings. The fraction of sp³-hybridized carbons (Fsp3) is 0.250. The fourth-order valence-corrected chi connectivity index (χ4v) is 3.88. The Morgan fingerprint density at radius 2 is 1.75 bits per heavy atom. The minimum Gasteiger partial charge on any atom is -0.373 e. The van der Waals surface area contributed by atoms with Crippen LogP contribution in [0.3, 0.4) is 0 Å². The fourth-order valence-electron chi connectivity index (χ4n) is 3.08. The van der Waals surface area contributed by atoms with E-state index in [-0.39, 0.29) is 6.10 Å². The predicted molar refractivity (Wildman–Crippen MR) is 99.3 cm³/mol. The van der Waals surface area contributed by atoms with Gasteiger partial charge in [-0.3, -0.25) is 0 Å². The zero-order valence-corrected chi connectivity index (χ0v) is 14.2. The van der Waals surface area contributed by atoms with Gasteiger partial charge in [-0.2, -0.15) is 0 Å². The summed E-state index contributed by atoms with van der Waals surface area (Å²) in [4.78, 5) is 4.74. The van der Waals surface area contributed by atoms with E-state index in [1.165, 1.54) is 5.56 Å². The van der Waals surface area contributed by atoms with Gasteiger partial charge in [0.25, 0.3) is 0 Å². The molecule has 2 aromatic carbocycles. The molecule has 4 rings (SSSR count). The molecule has 0 aliphatic carbocycles. The maximum absolute atomic E-state index is 5.95. The first-order valence-electron chi connectivity index (χ1n) is 8.32. The largest absolute Gasteiger partial charge is 0.373 e. The highest BCUT2D eigenvalue weighted by atomic mass is 32.1. The zero-order valence-electron chi connectivity index (χ0n) is 13.4. The van der Waals surface area contributed by atoms with Gasteiger partial charge in [-0.05, 0) is 18.4 Å². The van der Waals surface area contributed by atoms with Crippen molar-refractivity contribution in [2.24, 2.45) is 0 Å². The Bertz CT molecular complexity index is 773. The molecule has 1 N–H and O–H groups in total. The van der Waals surface area contributed by atoms with Crippen LogP contribution in [0.25, 0.3) is 11.3 Å². The van der Waals surface area contributed by atoms with Crippen molar-refractivity contribution < 1.29 is 4.74 Å². The number of ether oxygens (including phenoxy) is 1. The summed E-state index contributed by atoms with van der Waals surface area (Å²) in [5, 5.41) is 6.71. The number of hydrogen-bond acceptors (Lipinski definition) is 4. The third-order valence-electron chi connectivity index (χ3n) is 4.36. The van der Waals surface area contributed by atoms with Crippen LogP contribution in [-0.2, 0) is 4.74 Å². The summed E-state index contributed by atoms with van der Waals surface area (Å²) in [5.74, 6) is 0. The molecule has 1 saturated heterocycles. The minimum atomic E-state index is 0.172. The van der Waals surface area contributed by atoms with Gasteiger partial charge in [0.05, 0.1) is 11.8 Å². The van der Waals surface area contributed by atoms with Gasteiger partial charge in [0.15, 0.2) is 5.13 Å². The lowest BCUT2D eigenvalue weighted by molar-refractivity contribution is 0.00980. The van der Waals surface area contributed by atoms with E-state index in [1.807, 2.05) is 24.3 Å². The SMILES string of the molecule is c1ccc(-c2csc(NC3CCOC(c4ccccc4)C3)n2)cc1. The van der Waals surface area contributed by atoms with Gasteiger partial charge in [-0.15, -0.1) is 11.3 Å². The normalized spacial score (nSPS) is 20.7. The molecule has 0 spiro atoms. The predicted octanol–water partition coefficient (Wildman–Crippen LogP) is 5.14. The number of hydrogen-bond donors (Lipinski definition) is 1. The molecule has 0 saturated carbocycles. The molecular formula is C20H20N2OS. The van der Waals surface area contributed by atoms with Crippen LogP contribution in [-0.4, -0.2) is 17.6 Å². The Kier molecular flexibility index (Phi) is 4.58. The maximum atomic E-state index is 5.95. The highest BCUT2D eigenvalue weighted by Gasteiger charge is 2.24. The molecule has 1 aromatic heterocycles. The van der Waals surface area contributed by atoms with Crippen LogP contribution in [0.5, 0.6) is 0 Å². The van der Waals surface area contributed by atoms with Gasteiger partial charge in [-0.25, -0.2) is 4.98 Å². The maximum Gasteiger partial charge on any atom is 0.183 e. The van der Waals surface area contributed by atoms with Gasteiger partial charge in [0.1, 0.15) is 0 Å². The van der Waals surface area contributed by atoms with Gasteiger partial charge in [0, 0.05) is 23.6 Å². The third kappa shape index (κ3) is 3.50. The first kappa shape index (κ1) is 15.4. The molecule has 2 atom stereocenters. The van der Waals surface area contributed by atoms with E-state index in [0.29, 0.717) is 6.04 Å². The highest BCUT2D eigenvalue weighted by molar-refractivity contribution is 7.14. The highest BCUT2D eigenvalue weighted by Crippen LogP contribution is 2.31. The smallest absolute Gasteiger partial charge is 0.183 e. The average molecular weight is 336 g/mol. The van der Waals surface area contributed by atoms with Crippen molar-refractivity contribution in [3.8, 4) is 11.3 Å². The van der Waals surface area contributed by atoms with Crippen LogP contribution < -0.4 is 5.32 Å². The summed E-state index contributed by atoms with van der Waals surface area (Å²) in [7, 11) is 0. The number of rotatable bonds is 4. The van der Waals surface area contributed by atoms with Crippen molar-refractivity contribution in [2.75, 3.05) is 11.9 Å². The summed E-state index contributed by atoms with van der Waals surface area (Å²) in [6.07, 6.45) is 2.17. The Morgan fingerprint density at radius 1 is 1.00 bits per heavy atom.